The Morgan fingerprint density at radius 3 is 2.82 bits per heavy atom. The van der Waals surface area contributed by atoms with Gasteiger partial charge in [0.1, 0.15) is 6.07 Å². The first-order valence-corrected chi connectivity index (χ1v) is 6.04. The molecule has 3 heteroatoms. The Kier molecular flexibility index (Phi) is 2.19. The summed E-state index contributed by atoms with van der Waals surface area (Å²) in [6, 6.07) is 4.77. The zero-order valence-electron chi connectivity index (χ0n) is 10.1. The van der Waals surface area contributed by atoms with Crippen LogP contribution in [0.1, 0.15) is 41.1 Å². The molecule has 0 aromatic heterocycles. The molecule has 0 spiro atoms. The van der Waals surface area contributed by atoms with Gasteiger partial charge < -0.3 is 5.32 Å². The van der Waals surface area contributed by atoms with Gasteiger partial charge in [0, 0.05) is 5.56 Å². The van der Waals surface area contributed by atoms with Crippen molar-refractivity contribution in [2.24, 2.45) is 10.9 Å². The fourth-order valence-electron chi connectivity index (χ4n) is 2.52. The van der Waals surface area contributed by atoms with Crippen LogP contribution in [-0.4, -0.2) is 6.34 Å². The summed E-state index contributed by atoms with van der Waals surface area (Å²) in [7, 11) is 0. The molecular formula is C14H15N3. The SMILES string of the molecule is Cc1cc2c(c(C#N)c1C)NC=NC2C1CC1. The van der Waals surface area contributed by atoms with Crippen molar-refractivity contribution >= 4 is 12.0 Å². The number of anilines is 1. The third-order valence-electron chi connectivity index (χ3n) is 3.82. The molecule has 0 bridgehead atoms. The van der Waals surface area contributed by atoms with E-state index in [-0.39, 0.29) is 6.04 Å². The summed E-state index contributed by atoms with van der Waals surface area (Å²) < 4.78 is 0. The van der Waals surface area contributed by atoms with E-state index in [4.69, 9.17) is 0 Å². The van der Waals surface area contributed by atoms with Gasteiger partial charge in [-0.3, -0.25) is 4.99 Å². The van der Waals surface area contributed by atoms with Crippen molar-refractivity contribution in [3.05, 3.63) is 28.3 Å². The molecule has 1 N–H and O–H groups in total. The van der Waals surface area contributed by atoms with Gasteiger partial charge in [0.25, 0.3) is 0 Å². The molecule has 1 aromatic rings. The van der Waals surface area contributed by atoms with Crippen LogP contribution in [-0.2, 0) is 0 Å². The van der Waals surface area contributed by atoms with Crippen molar-refractivity contribution in [2.45, 2.75) is 32.7 Å². The lowest BCUT2D eigenvalue weighted by Gasteiger charge is -2.23. The third-order valence-corrected chi connectivity index (χ3v) is 3.82. The molecule has 1 heterocycles. The minimum Gasteiger partial charge on any atom is -0.345 e. The second-order valence-corrected chi connectivity index (χ2v) is 4.97. The Labute approximate surface area is 101 Å². The number of nitrogens with zero attached hydrogens (tertiary/aromatic N) is 2. The smallest absolute Gasteiger partial charge is 0.102 e. The number of rotatable bonds is 1. The van der Waals surface area contributed by atoms with E-state index in [0.29, 0.717) is 5.92 Å². The second kappa shape index (κ2) is 3.59. The van der Waals surface area contributed by atoms with E-state index >= 15 is 0 Å². The van der Waals surface area contributed by atoms with Crippen molar-refractivity contribution < 1.29 is 0 Å². The lowest BCUT2D eigenvalue weighted by atomic mass is 9.91. The highest BCUT2D eigenvalue weighted by molar-refractivity contribution is 5.85. The zero-order valence-corrected chi connectivity index (χ0v) is 10.1. The predicted octanol–water partition coefficient (Wildman–Crippen LogP) is 3.08. The number of fused-ring (bicyclic) bond motifs is 1. The van der Waals surface area contributed by atoms with E-state index in [2.05, 4.69) is 29.4 Å². The molecule has 0 amide bonds. The Hall–Kier alpha value is -1.82. The lowest BCUT2D eigenvalue weighted by molar-refractivity contribution is 0.635. The maximum atomic E-state index is 9.30. The van der Waals surface area contributed by atoms with Gasteiger partial charge in [0.2, 0.25) is 0 Å². The van der Waals surface area contributed by atoms with Crippen LogP contribution in [0.5, 0.6) is 0 Å². The van der Waals surface area contributed by atoms with Crippen molar-refractivity contribution in [3.63, 3.8) is 0 Å². The van der Waals surface area contributed by atoms with Gasteiger partial charge in [-0.05, 0) is 43.7 Å². The average Bonchev–Trinajstić information content (AvgIpc) is 3.14. The Bertz CT molecular complexity index is 548. The van der Waals surface area contributed by atoms with Crippen molar-refractivity contribution in [1.82, 2.24) is 0 Å². The molecule has 0 radical (unpaired) electrons. The van der Waals surface area contributed by atoms with Crippen LogP contribution in [0.4, 0.5) is 5.69 Å². The summed E-state index contributed by atoms with van der Waals surface area (Å²) in [5.74, 6) is 0.681. The second-order valence-electron chi connectivity index (χ2n) is 4.97. The number of aliphatic imine (C=N–C) groups is 1. The van der Waals surface area contributed by atoms with Gasteiger partial charge >= 0.3 is 0 Å². The zero-order chi connectivity index (χ0) is 12.0. The van der Waals surface area contributed by atoms with E-state index in [1.54, 1.807) is 6.34 Å². The maximum Gasteiger partial charge on any atom is 0.102 e. The molecule has 2 aliphatic rings. The molecule has 1 saturated carbocycles. The number of benzene rings is 1. The van der Waals surface area contributed by atoms with Gasteiger partial charge in [0.15, 0.2) is 0 Å². The number of aryl methyl sites for hydroxylation is 1. The van der Waals surface area contributed by atoms with Crippen LogP contribution in [0.3, 0.4) is 0 Å². The summed E-state index contributed by atoms with van der Waals surface area (Å²) in [4.78, 5) is 4.53. The summed E-state index contributed by atoms with van der Waals surface area (Å²) in [6.45, 7) is 4.08. The summed E-state index contributed by atoms with van der Waals surface area (Å²) in [5.41, 5.74) is 5.21. The molecule has 3 rings (SSSR count). The van der Waals surface area contributed by atoms with Gasteiger partial charge in [0.05, 0.1) is 23.6 Å². The molecule has 1 fully saturated rings. The monoisotopic (exact) mass is 225 g/mol. The normalized spacial score (nSPS) is 21.6. The standard InChI is InChI=1S/C14H15N3/c1-8-5-11-13(10-3-4-10)16-7-17-14(11)12(6-15)9(8)2/h5,7,10,13H,3-4H2,1-2H3,(H,16,17). The lowest BCUT2D eigenvalue weighted by Crippen LogP contribution is -2.14. The van der Waals surface area contributed by atoms with Crippen LogP contribution >= 0.6 is 0 Å². The number of nitriles is 1. The first kappa shape index (κ1) is 10.3. The summed E-state index contributed by atoms with van der Waals surface area (Å²) >= 11 is 0. The minimum atomic E-state index is 0.262. The van der Waals surface area contributed by atoms with E-state index < -0.39 is 0 Å². The van der Waals surface area contributed by atoms with Crippen LogP contribution in [0.15, 0.2) is 11.1 Å². The van der Waals surface area contributed by atoms with Crippen LogP contribution in [0.25, 0.3) is 0 Å². The molecule has 3 nitrogen and oxygen atoms in total. The Morgan fingerprint density at radius 1 is 1.41 bits per heavy atom. The largest absolute Gasteiger partial charge is 0.345 e. The van der Waals surface area contributed by atoms with Crippen LogP contribution in [0.2, 0.25) is 0 Å². The quantitative estimate of drug-likeness (QED) is 0.798. The molecule has 1 unspecified atom stereocenters. The van der Waals surface area contributed by atoms with E-state index in [9.17, 15) is 5.26 Å². The highest BCUT2D eigenvalue weighted by Crippen LogP contribution is 2.47. The molecule has 0 saturated heterocycles. The van der Waals surface area contributed by atoms with Crippen LogP contribution in [0, 0.1) is 31.1 Å². The van der Waals surface area contributed by atoms with E-state index in [0.717, 1.165) is 16.8 Å². The van der Waals surface area contributed by atoms with Gasteiger partial charge in [-0.1, -0.05) is 6.07 Å². The fourth-order valence-corrected chi connectivity index (χ4v) is 2.52. The predicted molar refractivity (Wildman–Crippen MR) is 68.2 cm³/mol. The van der Waals surface area contributed by atoms with Crippen molar-refractivity contribution in [2.75, 3.05) is 5.32 Å². The van der Waals surface area contributed by atoms with Gasteiger partial charge in [-0.15, -0.1) is 0 Å². The molecule has 1 atom stereocenters. The number of nitrogens with one attached hydrogen (secondary N) is 1. The molecule has 86 valence electrons. The number of hydrogen-bond acceptors (Lipinski definition) is 3. The van der Waals surface area contributed by atoms with Gasteiger partial charge in [-0.2, -0.15) is 5.26 Å². The molecule has 1 aliphatic heterocycles. The Balaban J connectivity index is 2.20. The van der Waals surface area contributed by atoms with E-state index in [1.807, 2.05) is 6.92 Å². The number of hydrogen-bond donors (Lipinski definition) is 1. The molecule has 1 aliphatic carbocycles. The van der Waals surface area contributed by atoms with Crippen molar-refractivity contribution in [3.8, 4) is 6.07 Å². The Morgan fingerprint density at radius 2 is 2.18 bits per heavy atom. The third kappa shape index (κ3) is 1.52. The van der Waals surface area contributed by atoms with E-state index in [1.165, 1.54) is 24.0 Å². The van der Waals surface area contributed by atoms with Crippen molar-refractivity contribution in [1.29, 1.82) is 5.26 Å². The fraction of sp³-hybridized carbons (Fsp3) is 0.429. The summed E-state index contributed by atoms with van der Waals surface area (Å²) in [5, 5.41) is 12.5. The highest BCUT2D eigenvalue weighted by Gasteiger charge is 2.35. The summed E-state index contributed by atoms with van der Waals surface area (Å²) in [6.07, 6.45) is 4.27. The van der Waals surface area contributed by atoms with Gasteiger partial charge in [-0.25, -0.2) is 0 Å². The molecule has 17 heavy (non-hydrogen) atoms. The topological polar surface area (TPSA) is 48.2 Å². The average molecular weight is 225 g/mol. The van der Waals surface area contributed by atoms with Crippen LogP contribution < -0.4 is 5.32 Å². The maximum absolute atomic E-state index is 9.30. The minimum absolute atomic E-state index is 0.262. The first-order valence-electron chi connectivity index (χ1n) is 6.04. The molecular weight excluding hydrogens is 210 g/mol. The highest BCUT2D eigenvalue weighted by atomic mass is 15.0. The molecule has 1 aromatic carbocycles. The first-order chi connectivity index (χ1) is 8.22.